The molecule has 0 unspecified atom stereocenters. The molecule has 0 amide bonds. The Balaban J connectivity index is 1.78. The van der Waals surface area contributed by atoms with Crippen molar-refractivity contribution < 1.29 is 5.11 Å². The molecule has 130 valence electrons. The van der Waals surface area contributed by atoms with E-state index in [2.05, 4.69) is 46.2 Å². The molecule has 1 heterocycles. The highest BCUT2D eigenvalue weighted by atomic mass is 16.3. The van der Waals surface area contributed by atoms with Gasteiger partial charge < -0.3 is 16.2 Å². The summed E-state index contributed by atoms with van der Waals surface area (Å²) in [5, 5.41) is 13.1. The smallest absolute Gasteiger partial charge is 0.222 e. The number of hydrogen-bond acceptors (Lipinski definition) is 5. The molecule has 2 aromatic rings. The molecule has 1 saturated carbocycles. The number of aromatic nitrogens is 2. The summed E-state index contributed by atoms with van der Waals surface area (Å²) >= 11 is 0. The van der Waals surface area contributed by atoms with E-state index in [1.165, 1.54) is 5.56 Å². The molecule has 1 aliphatic rings. The predicted molar refractivity (Wildman–Crippen MR) is 100 cm³/mol. The van der Waals surface area contributed by atoms with Gasteiger partial charge >= 0.3 is 0 Å². The molecular formula is C20H24N4O. The predicted octanol–water partition coefficient (Wildman–Crippen LogP) is 2.74. The molecule has 1 fully saturated rings. The normalized spacial score (nSPS) is 19.8. The summed E-state index contributed by atoms with van der Waals surface area (Å²) in [5.74, 6) is 7.22. The lowest BCUT2D eigenvalue weighted by Gasteiger charge is -2.26. The van der Waals surface area contributed by atoms with Crippen molar-refractivity contribution in [3.63, 3.8) is 0 Å². The number of nitrogens with one attached hydrogen (secondary N) is 1. The van der Waals surface area contributed by atoms with Crippen LogP contribution >= 0.6 is 0 Å². The van der Waals surface area contributed by atoms with Crippen molar-refractivity contribution in [2.24, 2.45) is 0 Å². The van der Waals surface area contributed by atoms with E-state index in [9.17, 15) is 5.11 Å². The van der Waals surface area contributed by atoms with Crippen LogP contribution in [0, 0.1) is 11.8 Å². The lowest BCUT2D eigenvalue weighted by atomic mass is 9.93. The van der Waals surface area contributed by atoms with Gasteiger partial charge in [0.05, 0.1) is 17.9 Å². The molecule has 0 radical (unpaired) electrons. The van der Waals surface area contributed by atoms with Gasteiger partial charge in [-0.15, -0.1) is 0 Å². The van der Waals surface area contributed by atoms with Crippen molar-refractivity contribution in [3.05, 3.63) is 47.2 Å². The lowest BCUT2D eigenvalue weighted by Crippen LogP contribution is -2.29. The molecule has 5 nitrogen and oxygen atoms in total. The highest BCUT2D eigenvalue weighted by Crippen LogP contribution is 2.23. The minimum Gasteiger partial charge on any atom is -0.393 e. The molecular weight excluding hydrogens is 312 g/mol. The van der Waals surface area contributed by atoms with E-state index < -0.39 is 0 Å². The van der Waals surface area contributed by atoms with Crippen molar-refractivity contribution in [1.29, 1.82) is 0 Å². The summed E-state index contributed by atoms with van der Waals surface area (Å²) in [5.41, 5.74) is 8.73. The van der Waals surface area contributed by atoms with Crippen LogP contribution in [0.25, 0.3) is 0 Å². The van der Waals surface area contributed by atoms with E-state index >= 15 is 0 Å². The van der Waals surface area contributed by atoms with Gasteiger partial charge in [-0.05, 0) is 49.8 Å². The average molecular weight is 336 g/mol. The Hall–Kier alpha value is -2.58. The van der Waals surface area contributed by atoms with Crippen molar-refractivity contribution in [1.82, 2.24) is 9.97 Å². The minimum absolute atomic E-state index is 0.182. The van der Waals surface area contributed by atoms with Gasteiger partial charge in [0.1, 0.15) is 5.82 Å². The summed E-state index contributed by atoms with van der Waals surface area (Å²) in [6.45, 7) is 2.13. The molecule has 4 N–H and O–H groups in total. The fraction of sp³-hybridized carbons (Fsp3) is 0.400. The maximum atomic E-state index is 9.64. The summed E-state index contributed by atoms with van der Waals surface area (Å²) in [6.07, 6.45) is 5.94. The highest BCUT2D eigenvalue weighted by molar-refractivity contribution is 5.57. The zero-order valence-corrected chi connectivity index (χ0v) is 14.5. The van der Waals surface area contributed by atoms with Crippen molar-refractivity contribution in [3.8, 4) is 11.8 Å². The van der Waals surface area contributed by atoms with E-state index in [0.29, 0.717) is 5.82 Å². The number of benzene rings is 1. The molecule has 0 saturated heterocycles. The zero-order valence-electron chi connectivity index (χ0n) is 14.5. The fourth-order valence-corrected chi connectivity index (χ4v) is 2.97. The van der Waals surface area contributed by atoms with E-state index in [1.807, 2.05) is 12.1 Å². The number of aliphatic hydroxyl groups is 1. The lowest BCUT2D eigenvalue weighted by molar-refractivity contribution is 0.126. The van der Waals surface area contributed by atoms with Gasteiger partial charge in [0.15, 0.2) is 0 Å². The molecule has 0 aliphatic heterocycles. The molecule has 1 aliphatic carbocycles. The third-order valence-electron chi connectivity index (χ3n) is 4.55. The second-order valence-electron chi connectivity index (χ2n) is 6.44. The maximum Gasteiger partial charge on any atom is 0.222 e. The van der Waals surface area contributed by atoms with E-state index in [-0.39, 0.29) is 18.1 Å². The Labute approximate surface area is 148 Å². The molecule has 0 bridgehead atoms. The number of hydrogen-bond donors (Lipinski definition) is 3. The summed E-state index contributed by atoms with van der Waals surface area (Å²) < 4.78 is 0. The number of nitrogens with zero attached hydrogens (tertiary/aromatic N) is 2. The summed E-state index contributed by atoms with van der Waals surface area (Å²) in [7, 11) is 0. The molecule has 25 heavy (non-hydrogen) atoms. The van der Waals surface area contributed by atoms with Gasteiger partial charge in [0.25, 0.3) is 0 Å². The van der Waals surface area contributed by atoms with Crippen molar-refractivity contribution in [2.45, 2.75) is 51.2 Å². The van der Waals surface area contributed by atoms with Gasteiger partial charge in [0.2, 0.25) is 5.95 Å². The molecule has 1 aromatic carbocycles. The number of anilines is 2. The van der Waals surface area contributed by atoms with Gasteiger partial charge in [-0.3, -0.25) is 0 Å². The van der Waals surface area contributed by atoms with Crippen LogP contribution < -0.4 is 11.1 Å². The first-order chi connectivity index (χ1) is 12.1. The third-order valence-corrected chi connectivity index (χ3v) is 4.55. The van der Waals surface area contributed by atoms with E-state index in [1.54, 1.807) is 6.20 Å². The number of rotatable bonds is 3. The molecule has 3 rings (SSSR count). The van der Waals surface area contributed by atoms with Crippen molar-refractivity contribution in [2.75, 3.05) is 11.1 Å². The van der Waals surface area contributed by atoms with Crippen LogP contribution in [-0.2, 0) is 6.42 Å². The average Bonchev–Trinajstić information content (AvgIpc) is 2.63. The summed E-state index contributed by atoms with van der Waals surface area (Å²) in [4.78, 5) is 8.39. The van der Waals surface area contributed by atoms with Gasteiger partial charge in [-0.25, -0.2) is 4.98 Å². The second-order valence-corrected chi connectivity index (χ2v) is 6.44. The Kier molecular flexibility index (Phi) is 5.52. The van der Waals surface area contributed by atoms with Crippen LogP contribution in [0.15, 0.2) is 30.5 Å². The van der Waals surface area contributed by atoms with Crippen LogP contribution in [0.5, 0.6) is 0 Å². The molecule has 5 heteroatoms. The van der Waals surface area contributed by atoms with Gasteiger partial charge in [-0.1, -0.05) is 30.9 Å². The molecule has 1 aromatic heterocycles. The topological polar surface area (TPSA) is 84.1 Å². The monoisotopic (exact) mass is 336 g/mol. The van der Waals surface area contributed by atoms with E-state index in [4.69, 9.17) is 5.73 Å². The van der Waals surface area contributed by atoms with Gasteiger partial charge in [0, 0.05) is 11.6 Å². The zero-order chi connectivity index (χ0) is 17.6. The second kappa shape index (κ2) is 8.00. The largest absolute Gasteiger partial charge is 0.393 e. The Morgan fingerprint density at radius 1 is 1.16 bits per heavy atom. The number of nitrogens with two attached hydrogens (primary N) is 1. The first kappa shape index (κ1) is 17.2. The first-order valence-corrected chi connectivity index (χ1v) is 8.82. The Bertz CT molecular complexity index is 769. The minimum atomic E-state index is -0.182. The van der Waals surface area contributed by atoms with Crippen LogP contribution in [0.1, 0.15) is 49.3 Å². The SMILES string of the molecule is CCc1ccc(C#Cc2cnc(N)nc2NC2CCC(O)CC2)cc1. The third kappa shape index (κ3) is 4.71. The van der Waals surface area contributed by atoms with Crippen LogP contribution in [0.4, 0.5) is 11.8 Å². The Morgan fingerprint density at radius 3 is 2.56 bits per heavy atom. The molecule has 0 atom stereocenters. The highest BCUT2D eigenvalue weighted by Gasteiger charge is 2.20. The number of aryl methyl sites for hydroxylation is 1. The van der Waals surface area contributed by atoms with E-state index in [0.717, 1.165) is 43.2 Å². The van der Waals surface area contributed by atoms with Crippen LogP contribution in [-0.4, -0.2) is 27.2 Å². The molecule has 0 spiro atoms. The first-order valence-electron chi connectivity index (χ1n) is 8.82. The standard InChI is InChI=1S/C20H24N4O/c1-2-14-3-5-15(6-4-14)7-8-16-13-22-20(21)24-19(16)23-17-9-11-18(25)12-10-17/h3-6,13,17-18,25H,2,9-12H2,1H3,(H3,21,22,23,24). The number of aliphatic hydroxyl groups excluding tert-OH is 1. The quantitative estimate of drug-likeness (QED) is 0.751. The Morgan fingerprint density at radius 2 is 1.88 bits per heavy atom. The fourth-order valence-electron chi connectivity index (χ4n) is 2.97. The van der Waals surface area contributed by atoms with Crippen LogP contribution in [0.2, 0.25) is 0 Å². The summed E-state index contributed by atoms with van der Waals surface area (Å²) in [6, 6.07) is 8.52. The van der Waals surface area contributed by atoms with Crippen LogP contribution in [0.3, 0.4) is 0 Å². The van der Waals surface area contributed by atoms with Gasteiger partial charge in [-0.2, -0.15) is 4.98 Å². The maximum absolute atomic E-state index is 9.64. The van der Waals surface area contributed by atoms with Crippen molar-refractivity contribution >= 4 is 11.8 Å². The number of nitrogen functional groups attached to an aromatic ring is 1.